The second-order valence-electron chi connectivity index (χ2n) is 7.26. The van der Waals surface area contributed by atoms with Crippen LogP contribution in [0.25, 0.3) is 5.69 Å². The van der Waals surface area contributed by atoms with Crippen molar-refractivity contribution in [2.24, 2.45) is 0 Å². The van der Waals surface area contributed by atoms with E-state index in [0.717, 1.165) is 5.56 Å². The third-order valence-corrected chi connectivity index (χ3v) is 4.89. The Labute approximate surface area is 179 Å². The highest BCUT2D eigenvalue weighted by atomic mass is 16.6. The summed E-state index contributed by atoms with van der Waals surface area (Å²) >= 11 is 0. The van der Waals surface area contributed by atoms with Crippen molar-refractivity contribution < 1.29 is 9.72 Å². The molecule has 2 aromatic carbocycles. The number of benzene rings is 2. The van der Waals surface area contributed by atoms with Crippen molar-refractivity contribution in [3.63, 3.8) is 0 Å². The summed E-state index contributed by atoms with van der Waals surface area (Å²) in [7, 11) is 3.80. The van der Waals surface area contributed by atoms with Crippen LogP contribution < -0.4 is 10.7 Å². The normalized spacial score (nSPS) is 11.9. The third kappa shape index (κ3) is 4.84. The SMILES string of the molecule is Cc1cc(=O)c(C(=O)NC[C@H](c2ccccc2)N(C)C)nn1-c1ccccc1[N+](=O)[O-]. The molecule has 0 aliphatic carbocycles. The van der Waals surface area contributed by atoms with Crippen LogP contribution in [0.4, 0.5) is 5.69 Å². The van der Waals surface area contributed by atoms with Gasteiger partial charge in [0.25, 0.3) is 11.6 Å². The molecule has 0 aliphatic heterocycles. The van der Waals surface area contributed by atoms with Gasteiger partial charge in [0.2, 0.25) is 5.43 Å². The van der Waals surface area contributed by atoms with E-state index in [9.17, 15) is 19.7 Å². The monoisotopic (exact) mass is 421 g/mol. The van der Waals surface area contributed by atoms with Crippen molar-refractivity contribution in [2.45, 2.75) is 13.0 Å². The first-order valence-electron chi connectivity index (χ1n) is 9.64. The van der Waals surface area contributed by atoms with Crippen LogP contribution in [0, 0.1) is 17.0 Å². The van der Waals surface area contributed by atoms with Crippen LogP contribution in [0.2, 0.25) is 0 Å². The van der Waals surface area contributed by atoms with Gasteiger partial charge in [-0.05, 0) is 32.6 Å². The van der Waals surface area contributed by atoms with Gasteiger partial charge >= 0.3 is 0 Å². The molecule has 1 atom stereocenters. The molecule has 0 bridgehead atoms. The number of amides is 1. The molecule has 160 valence electrons. The number of nitrogens with one attached hydrogen (secondary N) is 1. The number of likely N-dealkylation sites (N-methyl/N-ethyl adjacent to an activating group) is 1. The number of nitro benzene ring substituents is 1. The average Bonchev–Trinajstić information content (AvgIpc) is 2.74. The molecule has 9 heteroatoms. The summed E-state index contributed by atoms with van der Waals surface area (Å²) in [6.45, 7) is 1.86. The molecule has 1 aromatic heterocycles. The first-order chi connectivity index (χ1) is 14.8. The summed E-state index contributed by atoms with van der Waals surface area (Å²) in [6.07, 6.45) is 0. The zero-order chi connectivity index (χ0) is 22.5. The Kier molecular flexibility index (Phi) is 6.56. The number of para-hydroxylation sites is 2. The highest BCUT2D eigenvalue weighted by Gasteiger charge is 2.21. The van der Waals surface area contributed by atoms with E-state index in [1.807, 2.05) is 49.3 Å². The van der Waals surface area contributed by atoms with Crippen LogP contribution in [0.15, 0.2) is 65.5 Å². The summed E-state index contributed by atoms with van der Waals surface area (Å²) in [5.41, 5.74) is 0.521. The van der Waals surface area contributed by atoms with E-state index in [1.54, 1.807) is 13.0 Å². The number of nitro groups is 1. The Balaban J connectivity index is 1.91. The van der Waals surface area contributed by atoms with Crippen molar-refractivity contribution in [3.8, 4) is 5.69 Å². The number of hydrogen-bond acceptors (Lipinski definition) is 6. The maximum absolute atomic E-state index is 12.8. The molecule has 0 unspecified atom stereocenters. The van der Waals surface area contributed by atoms with Crippen LogP contribution in [0.1, 0.15) is 27.8 Å². The van der Waals surface area contributed by atoms with E-state index in [4.69, 9.17) is 0 Å². The minimum atomic E-state index is -0.639. The van der Waals surface area contributed by atoms with E-state index in [-0.39, 0.29) is 29.7 Å². The molecule has 31 heavy (non-hydrogen) atoms. The van der Waals surface area contributed by atoms with Gasteiger partial charge in [0.15, 0.2) is 5.69 Å². The van der Waals surface area contributed by atoms with Crippen LogP contribution >= 0.6 is 0 Å². The predicted octanol–water partition coefficient (Wildman–Crippen LogP) is 2.48. The lowest BCUT2D eigenvalue weighted by molar-refractivity contribution is -0.384. The number of rotatable bonds is 7. The number of aromatic nitrogens is 2. The number of nitrogens with zero attached hydrogens (tertiary/aromatic N) is 4. The molecular weight excluding hydrogens is 398 g/mol. The second-order valence-corrected chi connectivity index (χ2v) is 7.26. The molecule has 3 aromatic rings. The standard InChI is InChI=1S/C22H23N5O4/c1-15-13-20(28)21(24-26(15)17-11-7-8-12-18(17)27(30)31)22(29)23-14-19(25(2)3)16-9-5-4-6-10-16/h4-13,19H,14H2,1-3H3,(H,23,29)/t19-/m1/s1. The molecule has 0 aliphatic rings. The first kappa shape index (κ1) is 21.8. The maximum Gasteiger partial charge on any atom is 0.294 e. The smallest absolute Gasteiger partial charge is 0.294 e. The zero-order valence-electron chi connectivity index (χ0n) is 17.5. The summed E-state index contributed by atoms with van der Waals surface area (Å²) < 4.78 is 1.25. The molecule has 1 amide bonds. The number of carbonyl (C=O) groups is 1. The lowest BCUT2D eigenvalue weighted by Gasteiger charge is -2.25. The topological polar surface area (TPSA) is 110 Å². The lowest BCUT2D eigenvalue weighted by Crippen LogP contribution is -2.37. The largest absolute Gasteiger partial charge is 0.349 e. The Bertz CT molecular complexity index is 1160. The molecule has 1 heterocycles. The van der Waals surface area contributed by atoms with Crippen molar-refractivity contribution in [1.29, 1.82) is 0 Å². The van der Waals surface area contributed by atoms with Gasteiger partial charge in [-0.2, -0.15) is 5.10 Å². The first-order valence-corrected chi connectivity index (χ1v) is 9.64. The Morgan fingerprint density at radius 1 is 1.16 bits per heavy atom. The Morgan fingerprint density at radius 2 is 1.81 bits per heavy atom. The molecule has 3 rings (SSSR count). The van der Waals surface area contributed by atoms with E-state index < -0.39 is 16.3 Å². The zero-order valence-corrected chi connectivity index (χ0v) is 17.5. The summed E-state index contributed by atoms with van der Waals surface area (Å²) in [5.74, 6) is -0.639. The highest BCUT2D eigenvalue weighted by molar-refractivity contribution is 5.92. The van der Waals surface area contributed by atoms with E-state index in [2.05, 4.69) is 10.4 Å². The van der Waals surface area contributed by atoms with Gasteiger partial charge in [0.1, 0.15) is 5.69 Å². The quantitative estimate of drug-likeness (QED) is 0.464. The van der Waals surface area contributed by atoms with Gasteiger partial charge in [0, 0.05) is 24.4 Å². The van der Waals surface area contributed by atoms with Crippen LogP contribution in [0.3, 0.4) is 0 Å². The Hall–Kier alpha value is -3.85. The summed E-state index contributed by atoms with van der Waals surface area (Å²) in [5, 5.41) is 18.3. The van der Waals surface area contributed by atoms with Gasteiger partial charge < -0.3 is 10.2 Å². The molecular formula is C22H23N5O4. The number of aryl methyl sites for hydroxylation is 1. The number of carbonyl (C=O) groups excluding carboxylic acids is 1. The molecule has 0 saturated carbocycles. The average molecular weight is 421 g/mol. The summed E-state index contributed by atoms with van der Waals surface area (Å²) in [6, 6.07) is 16.8. The van der Waals surface area contributed by atoms with Crippen molar-refractivity contribution in [2.75, 3.05) is 20.6 Å². The minimum absolute atomic E-state index is 0.104. The highest BCUT2D eigenvalue weighted by Crippen LogP contribution is 2.22. The molecule has 0 fully saturated rings. The fraction of sp³-hybridized carbons (Fsp3) is 0.227. The van der Waals surface area contributed by atoms with Gasteiger partial charge in [-0.3, -0.25) is 19.7 Å². The van der Waals surface area contributed by atoms with Crippen LogP contribution in [0.5, 0.6) is 0 Å². The molecule has 0 spiro atoms. The third-order valence-electron chi connectivity index (χ3n) is 4.89. The lowest BCUT2D eigenvalue weighted by atomic mass is 10.1. The number of hydrogen-bond donors (Lipinski definition) is 1. The fourth-order valence-electron chi connectivity index (χ4n) is 3.29. The van der Waals surface area contributed by atoms with Crippen LogP contribution in [-0.2, 0) is 0 Å². The second kappa shape index (κ2) is 9.31. The summed E-state index contributed by atoms with van der Waals surface area (Å²) in [4.78, 5) is 38.1. The fourth-order valence-corrected chi connectivity index (χ4v) is 3.29. The van der Waals surface area contributed by atoms with E-state index in [0.29, 0.717) is 5.69 Å². The molecule has 1 N–H and O–H groups in total. The van der Waals surface area contributed by atoms with E-state index in [1.165, 1.54) is 28.9 Å². The predicted molar refractivity (Wildman–Crippen MR) is 116 cm³/mol. The van der Waals surface area contributed by atoms with Gasteiger partial charge in [-0.1, -0.05) is 42.5 Å². The van der Waals surface area contributed by atoms with E-state index >= 15 is 0 Å². The minimum Gasteiger partial charge on any atom is -0.349 e. The maximum atomic E-state index is 12.8. The van der Waals surface area contributed by atoms with Crippen molar-refractivity contribution in [3.05, 3.63) is 98.0 Å². The molecule has 0 radical (unpaired) electrons. The van der Waals surface area contributed by atoms with Crippen molar-refractivity contribution in [1.82, 2.24) is 20.0 Å². The van der Waals surface area contributed by atoms with Gasteiger partial charge in [-0.25, -0.2) is 4.68 Å². The molecule has 9 nitrogen and oxygen atoms in total. The molecule has 0 saturated heterocycles. The van der Waals surface area contributed by atoms with Crippen LogP contribution in [-0.4, -0.2) is 46.2 Å². The van der Waals surface area contributed by atoms with Gasteiger partial charge in [0.05, 0.1) is 11.0 Å². The van der Waals surface area contributed by atoms with Crippen molar-refractivity contribution >= 4 is 11.6 Å². The van der Waals surface area contributed by atoms with Gasteiger partial charge in [-0.15, -0.1) is 0 Å². The Morgan fingerprint density at radius 3 is 2.45 bits per heavy atom.